The molecule has 0 fully saturated rings. The summed E-state index contributed by atoms with van der Waals surface area (Å²) in [6.07, 6.45) is 21.0. The summed E-state index contributed by atoms with van der Waals surface area (Å²) in [5.41, 5.74) is 2.35. The lowest BCUT2D eigenvalue weighted by atomic mass is 10.0. The first-order valence-electron chi connectivity index (χ1n) is 13.7. The molecule has 0 saturated heterocycles. The van der Waals surface area contributed by atoms with Gasteiger partial charge in [0.05, 0.1) is 12.4 Å². The number of aryl methyl sites for hydroxylation is 1. The number of ether oxygens (including phenoxy) is 1. The summed E-state index contributed by atoms with van der Waals surface area (Å²) in [5, 5.41) is 0. The van der Waals surface area contributed by atoms with E-state index in [1.165, 1.54) is 76.2 Å². The number of carbonyl (C=O) groups is 1. The Morgan fingerprint density at radius 2 is 1.44 bits per heavy atom. The summed E-state index contributed by atoms with van der Waals surface area (Å²) < 4.78 is 5.41. The molecule has 0 aliphatic rings. The van der Waals surface area contributed by atoms with E-state index in [4.69, 9.17) is 4.74 Å². The predicted octanol–water partition coefficient (Wildman–Crippen LogP) is 8.73. The Morgan fingerprint density at radius 3 is 2.12 bits per heavy atom. The zero-order valence-electron chi connectivity index (χ0n) is 21.9. The van der Waals surface area contributed by atoms with Gasteiger partial charge in [-0.15, -0.1) is 0 Å². The maximum atomic E-state index is 12.1. The molecule has 0 bridgehead atoms. The summed E-state index contributed by atoms with van der Waals surface area (Å²) in [7, 11) is 0. The van der Waals surface area contributed by atoms with Gasteiger partial charge in [-0.1, -0.05) is 116 Å². The largest absolute Gasteiger partial charge is 0.423 e. The van der Waals surface area contributed by atoms with Crippen molar-refractivity contribution in [3.8, 4) is 17.1 Å². The fourth-order valence-electron chi connectivity index (χ4n) is 4.13. The van der Waals surface area contributed by atoms with Crippen molar-refractivity contribution in [1.82, 2.24) is 9.97 Å². The third-order valence-corrected chi connectivity index (χ3v) is 6.67. The highest BCUT2D eigenvalue weighted by molar-refractivity contribution is 5.72. The highest BCUT2D eigenvalue weighted by Gasteiger charge is 2.08. The predicted molar refractivity (Wildman–Crippen MR) is 142 cm³/mol. The lowest BCUT2D eigenvalue weighted by Crippen LogP contribution is -2.08. The van der Waals surface area contributed by atoms with Crippen LogP contribution in [-0.4, -0.2) is 15.9 Å². The van der Waals surface area contributed by atoms with E-state index in [2.05, 4.69) is 55.0 Å². The van der Waals surface area contributed by atoms with Crippen molar-refractivity contribution < 1.29 is 9.53 Å². The van der Waals surface area contributed by atoms with Gasteiger partial charge in [0.2, 0.25) is 0 Å². The Morgan fingerprint density at radius 1 is 0.824 bits per heavy atom. The van der Waals surface area contributed by atoms with Crippen LogP contribution in [0.3, 0.4) is 0 Å². The fourth-order valence-corrected chi connectivity index (χ4v) is 4.13. The Kier molecular flexibility index (Phi) is 14.2. The number of rotatable bonds is 18. The van der Waals surface area contributed by atoms with Gasteiger partial charge in [0.15, 0.2) is 11.6 Å². The molecule has 0 aliphatic heterocycles. The molecule has 2 rings (SSSR count). The lowest BCUT2D eigenvalue weighted by Gasteiger charge is -2.08. The van der Waals surface area contributed by atoms with Gasteiger partial charge >= 0.3 is 5.97 Å². The van der Waals surface area contributed by atoms with Gasteiger partial charge in [-0.2, -0.15) is 0 Å². The van der Waals surface area contributed by atoms with Crippen molar-refractivity contribution in [3.63, 3.8) is 0 Å². The normalized spacial score (nSPS) is 12.0. The van der Waals surface area contributed by atoms with E-state index in [0.717, 1.165) is 30.7 Å². The number of esters is 1. The summed E-state index contributed by atoms with van der Waals surface area (Å²) >= 11 is 0. The molecule has 1 unspecified atom stereocenters. The monoisotopic (exact) mass is 466 g/mol. The van der Waals surface area contributed by atoms with E-state index in [1.807, 2.05) is 0 Å². The molecule has 2 aromatic rings. The van der Waals surface area contributed by atoms with Crippen molar-refractivity contribution in [2.24, 2.45) is 5.92 Å². The quantitative estimate of drug-likeness (QED) is 0.163. The minimum atomic E-state index is -0.201. The van der Waals surface area contributed by atoms with Gasteiger partial charge in [-0.05, 0) is 30.7 Å². The number of benzene rings is 1. The Balaban J connectivity index is 1.66. The van der Waals surface area contributed by atoms with Crippen LogP contribution in [0.15, 0.2) is 36.7 Å². The minimum absolute atomic E-state index is 0.201. The van der Waals surface area contributed by atoms with E-state index in [9.17, 15) is 4.79 Å². The molecule has 0 amide bonds. The Hall–Kier alpha value is -2.23. The summed E-state index contributed by atoms with van der Waals surface area (Å²) in [6.45, 7) is 6.81. The molecule has 4 nitrogen and oxygen atoms in total. The average molecular weight is 467 g/mol. The molecule has 0 aliphatic carbocycles. The second-order valence-electron chi connectivity index (χ2n) is 9.75. The zero-order chi connectivity index (χ0) is 24.4. The third-order valence-electron chi connectivity index (χ3n) is 6.67. The van der Waals surface area contributed by atoms with Crippen LogP contribution in [0.25, 0.3) is 11.4 Å². The molecule has 188 valence electrons. The van der Waals surface area contributed by atoms with Gasteiger partial charge in [0.25, 0.3) is 0 Å². The summed E-state index contributed by atoms with van der Waals surface area (Å²) in [5.74, 6) is 1.68. The van der Waals surface area contributed by atoms with Crippen LogP contribution in [0.1, 0.15) is 116 Å². The van der Waals surface area contributed by atoms with Crippen molar-refractivity contribution in [1.29, 1.82) is 0 Å². The molecule has 1 aromatic carbocycles. The summed E-state index contributed by atoms with van der Waals surface area (Å²) in [6, 6.07) is 8.51. The second kappa shape index (κ2) is 17.2. The Labute approximate surface area is 208 Å². The van der Waals surface area contributed by atoms with Gasteiger partial charge in [0.1, 0.15) is 0 Å². The number of hydrogen-bond donors (Lipinski definition) is 0. The van der Waals surface area contributed by atoms with Crippen LogP contribution >= 0.6 is 0 Å². The smallest absolute Gasteiger partial charge is 0.311 e. The van der Waals surface area contributed by atoms with Gasteiger partial charge < -0.3 is 4.74 Å². The number of aromatic nitrogens is 2. The molecule has 0 N–H and O–H groups in total. The topological polar surface area (TPSA) is 52.1 Å². The van der Waals surface area contributed by atoms with Crippen LogP contribution in [-0.2, 0) is 11.2 Å². The third kappa shape index (κ3) is 11.8. The van der Waals surface area contributed by atoms with Crippen molar-refractivity contribution >= 4 is 5.97 Å². The SMILES string of the molecule is CCCCCCCCCc1ccc(-c2ncc(OC(=O)CCCCCCC(C)CC)cn2)cc1. The first-order chi connectivity index (χ1) is 16.6. The number of unbranched alkanes of at least 4 members (excludes halogenated alkanes) is 9. The molecule has 1 atom stereocenters. The molecule has 1 heterocycles. The molecular formula is C30H46N2O2. The number of hydrogen-bond acceptors (Lipinski definition) is 4. The molecule has 4 heteroatoms. The zero-order valence-corrected chi connectivity index (χ0v) is 21.9. The van der Waals surface area contributed by atoms with E-state index in [-0.39, 0.29) is 5.97 Å². The molecule has 1 aromatic heterocycles. The second-order valence-corrected chi connectivity index (χ2v) is 9.75. The minimum Gasteiger partial charge on any atom is -0.423 e. The maximum absolute atomic E-state index is 12.1. The molecular weight excluding hydrogens is 420 g/mol. The highest BCUT2D eigenvalue weighted by atomic mass is 16.5. The van der Waals surface area contributed by atoms with Crippen molar-refractivity contribution in [3.05, 3.63) is 42.2 Å². The van der Waals surface area contributed by atoms with E-state index in [0.29, 0.717) is 18.0 Å². The van der Waals surface area contributed by atoms with Crippen molar-refractivity contribution in [2.75, 3.05) is 0 Å². The van der Waals surface area contributed by atoms with Gasteiger partial charge in [-0.25, -0.2) is 9.97 Å². The van der Waals surface area contributed by atoms with Gasteiger partial charge in [-0.3, -0.25) is 4.79 Å². The molecule has 0 radical (unpaired) electrons. The van der Waals surface area contributed by atoms with Crippen LogP contribution in [0, 0.1) is 5.92 Å². The van der Waals surface area contributed by atoms with Crippen LogP contribution in [0.2, 0.25) is 0 Å². The first-order valence-corrected chi connectivity index (χ1v) is 13.7. The van der Waals surface area contributed by atoms with Crippen molar-refractivity contribution in [2.45, 2.75) is 117 Å². The van der Waals surface area contributed by atoms with E-state index >= 15 is 0 Å². The van der Waals surface area contributed by atoms with Crippen LogP contribution < -0.4 is 4.74 Å². The average Bonchev–Trinajstić information content (AvgIpc) is 2.86. The molecule has 0 spiro atoms. The molecule has 34 heavy (non-hydrogen) atoms. The Bertz CT molecular complexity index is 786. The molecule has 0 saturated carbocycles. The number of carbonyl (C=O) groups excluding carboxylic acids is 1. The standard InChI is InChI=1S/C30H46N2O2/c1-4-6-7-8-9-10-14-17-26-19-21-27(22-20-26)30-31-23-28(24-32-30)34-29(33)18-15-12-11-13-16-25(3)5-2/h19-25H,4-18H2,1-3H3. The number of nitrogens with zero attached hydrogens (tertiary/aromatic N) is 2. The lowest BCUT2D eigenvalue weighted by molar-refractivity contribution is -0.134. The maximum Gasteiger partial charge on any atom is 0.311 e. The van der Waals surface area contributed by atoms with E-state index in [1.54, 1.807) is 12.4 Å². The summed E-state index contributed by atoms with van der Waals surface area (Å²) in [4.78, 5) is 20.9. The van der Waals surface area contributed by atoms with Crippen LogP contribution in [0.5, 0.6) is 5.75 Å². The van der Waals surface area contributed by atoms with E-state index < -0.39 is 0 Å². The fraction of sp³-hybridized carbons (Fsp3) is 0.633. The van der Waals surface area contributed by atoms with Crippen LogP contribution in [0.4, 0.5) is 0 Å². The first kappa shape index (κ1) is 28.0. The highest BCUT2D eigenvalue weighted by Crippen LogP contribution is 2.19. The van der Waals surface area contributed by atoms with Gasteiger partial charge in [0, 0.05) is 12.0 Å².